The Kier molecular flexibility index (Phi) is 6.15. The summed E-state index contributed by atoms with van der Waals surface area (Å²) < 4.78 is 0. The molecule has 0 N–H and O–H groups in total. The molecule has 0 spiro atoms. The standard InChI is InChI=1S/C14H28/c1-7-10-13(12(4)5)14(6,9-3)11-8-2/h8,11-13H,7,9-10H2,1-6H3. The van der Waals surface area contributed by atoms with Crippen molar-refractivity contribution in [1.82, 2.24) is 0 Å². The molecule has 0 amide bonds. The van der Waals surface area contributed by atoms with Gasteiger partial charge in [-0.1, -0.05) is 53.2 Å². The molecular formula is C14H28. The van der Waals surface area contributed by atoms with E-state index in [2.05, 4.69) is 53.7 Å². The van der Waals surface area contributed by atoms with Gasteiger partial charge in [0.2, 0.25) is 0 Å². The topological polar surface area (TPSA) is 0 Å². The zero-order valence-corrected chi connectivity index (χ0v) is 10.9. The van der Waals surface area contributed by atoms with Gasteiger partial charge >= 0.3 is 0 Å². The summed E-state index contributed by atoms with van der Waals surface area (Å²) in [5, 5.41) is 0. The van der Waals surface area contributed by atoms with Gasteiger partial charge in [0.1, 0.15) is 0 Å². The lowest BCUT2D eigenvalue weighted by Gasteiger charge is -2.37. The maximum absolute atomic E-state index is 2.41. The molecule has 14 heavy (non-hydrogen) atoms. The molecule has 0 saturated heterocycles. The molecule has 0 nitrogen and oxygen atoms in total. The van der Waals surface area contributed by atoms with E-state index in [4.69, 9.17) is 0 Å². The van der Waals surface area contributed by atoms with Crippen LogP contribution in [0.25, 0.3) is 0 Å². The molecule has 0 aliphatic carbocycles. The van der Waals surface area contributed by atoms with Crippen molar-refractivity contribution in [2.75, 3.05) is 0 Å². The smallest absolute Gasteiger partial charge is 0.0119 e. The molecule has 0 aromatic heterocycles. The molecule has 0 fully saturated rings. The Bertz CT molecular complexity index is 167. The van der Waals surface area contributed by atoms with Crippen molar-refractivity contribution in [1.29, 1.82) is 0 Å². The molecule has 0 radical (unpaired) electrons. The highest BCUT2D eigenvalue weighted by Gasteiger charge is 2.31. The Balaban J connectivity index is 4.73. The zero-order chi connectivity index (χ0) is 11.2. The van der Waals surface area contributed by atoms with Crippen molar-refractivity contribution >= 4 is 0 Å². The monoisotopic (exact) mass is 196 g/mol. The van der Waals surface area contributed by atoms with E-state index >= 15 is 0 Å². The van der Waals surface area contributed by atoms with Crippen LogP contribution in [0.15, 0.2) is 12.2 Å². The summed E-state index contributed by atoms with van der Waals surface area (Å²) in [5.74, 6) is 1.62. The Morgan fingerprint density at radius 3 is 2.07 bits per heavy atom. The highest BCUT2D eigenvalue weighted by Crippen LogP contribution is 2.40. The van der Waals surface area contributed by atoms with Gasteiger partial charge in [-0.05, 0) is 37.0 Å². The van der Waals surface area contributed by atoms with E-state index in [1.54, 1.807) is 0 Å². The van der Waals surface area contributed by atoms with Gasteiger partial charge in [-0.2, -0.15) is 0 Å². The van der Waals surface area contributed by atoms with Crippen LogP contribution in [0.1, 0.15) is 60.8 Å². The summed E-state index contributed by atoms with van der Waals surface area (Å²) in [6, 6.07) is 0. The Hall–Kier alpha value is -0.260. The summed E-state index contributed by atoms with van der Waals surface area (Å²) in [6.45, 7) is 13.9. The van der Waals surface area contributed by atoms with E-state index in [-0.39, 0.29) is 0 Å². The van der Waals surface area contributed by atoms with Crippen LogP contribution in [0.4, 0.5) is 0 Å². The molecule has 0 heterocycles. The SMILES string of the molecule is CC=CC(C)(CC)C(CCC)C(C)C. The number of hydrogen-bond donors (Lipinski definition) is 0. The first kappa shape index (κ1) is 13.7. The third kappa shape index (κ3) is 3.48. The van der Waals surface area contributed by atoms with Gasteiger partial charge in [0.25, 0.3) is 0 Å². The number of hydrogen-bond acceptors (Lipinski definition) is 0. The van der Waals surface area contributed by atoms with E-state index in [0.29, 0.717) is 5.41 Å². The van der Waals surface area contributed by atoms with E-state index in [1.807, 2.05) is 0 Å². The van der Waals surface area contributed by atoms with Crippen molar-refractivity contribution < 1.29 is 0 Å². The molecule has 0 aliphatic heterocycles. The summed E-state index contributed by atoms with van der Waals surface area (Å²) in [6.07, 6.45) is 8.53. The highest BCUT2D eigenvalue weighted by atomic mass is 14.4. The van der Waals surface area contributed by atoms with E-state index in [1.165, 1.54) is 19.3 Å². The molecule has 0 aromatic carbocycles. The fourth-order valence-electron chi connectivity index (χ4n) is 2.62. The summed E-state index contributed by atoms with van der Waals surface area (Å²) >= 11 is 0. The van der Waals surface area contributed by atoms with Crippen LogP contribution in [0, 0.1) is 17.3 Å². The fourth-order valence-corrected chi connectivity index (χ4v) is 2.62. The maximum atomic E-state index is 2.41. The van der Waals surface area contributed by atoms with Gasteiger partial charge < -0.3 is 0 Å². The minimum atomic E-state index is 0.402. The molecule has 0 aromatic rings. The summed E-state index contributed by atoms with van der Waals surface area (Å²) in [4.78, 5) is 0. The first-order chi connectivity index (χ1) is 6.51. The lowest BCUT2D eigenvalue weighted by Crippen LogP contribution is -2.28. The van der Waals surface area contributed by atoms with Crippen molar-refractivity contribution in [3.63, 3.8) is 0 Å². The average molecular weight is 196 g/mol. The zero-order valence-electron chi connectivity index (χ0n) is 10.9. The number of rotatable bonds is 6. The minimum absolute atomic E-state index is 0.402. The summed E-state index contributed by atoms with van der Waals surface area (Å²) in [5.41, 5.74) is 0.402. The molecule has 0 heteroatoms. The van der Waals surface area contributed by atoms with Crippen molar-refractivity contribution in [3.05, 3.63) is 12.2 Å². The van der Waals surface area contributed by atoms with Crippen molar-refractivity contribution in [3.8, 4) is 0 Å². The quantitative estimate of drug-likeness (QED) is 0.521. The molecule has 0 aliphatic rings. The summed E-state index contributed by atoms with van der Waals surface area (Å²) in [7, 11) is 0. The maximum Gasteiger partial charge on any atom is -0.0119 e. The van der Waals surface area contributed by atoms with Crippen molar-refractivity contribution in [2.24, 2.45) is 17.3 Å². The average Bonchev–Trinajstić information content (AvgIpc) is 2.14. The second kappa shape index (κ2) is 6.27. The molecule has 0 rings (SSSR count). The van der Waals surface area contributed by atoms with Crippen LogP contribution in [0.3, 0.4) is 0 Å². The third-order valence-corrected chi connectivity index (χ3v) is 3.56. The first-order valence-corrected chi connectivity index (χ1v) is 6.15. The van der Waals surface area contributed by atoms with E-state index in [0.717, 1.165) is 11.8 Å². The van der Waals surface area contributed by atoms with Crippen molar-refractivity contribution in [2.45, 2.75) is 60.8 Å². The van der Waals surface area contributed by atoms with Crippen LogP contribution >= 0.6 is 0 Å². The second-order valence-electron chi connectivity index (χ2n) is 5.00. The minimum Gasteiger partial charge on any atom is -0.0911 e. The largest absolute Gasteiger partial charge is 0.0911 e. The van der Waals surface area contributed by atoms with E-state index in [9.17, 15) is 0 Å². The van der Waals surface area contributed by atoms with Crippen LogP contribution in [-0.4, -0.2) is 0 Å². The third-order valence-electron chi connectivity index (χ3n) is 3.56. The van der Waals surface area contributed by atoms with Crippen LogP contribution < -0.4 is 0 Å². The van der Waals surface area contributed by atoms with Gasteiger partial charge in [0.05, 0.1) is 0 Å². The van der Waals surface area contributed by atoms with Gasteiger partial charge in [-0.25, -0.2) is 0 Å². The van der Waals surface area contributed by atoms with E-state index < -0.39 is 0 Å². The molecule has 0 saturated carbocycles. The molecule has 2 unspecified atom stereocenters. The van der Waals surface area contributed by atoms with Gasteiger partial charge in [0, 0.05) is 0 Å². The number of allylic oxidation sites excluding steroid dienone is 2. The van der Waals surface area contributed by atoms with Crippen LogP contribution in [0.5, 0.6) is 0 Å². The van der Waals surface area contributed by atoms with Gasteiger partial charge in [-0.15, -0.1) is 0 Å². The molecule has 84 valence electrons. The Morgan fingerprint density at radius 1 is 1.21 bits per heavy atom. The van der Waals surface area contributed by atoms with Crippen LogP contribution in [-0.2, 0) is 0 Å². The first-order valence-electron chi connectivity index (χ1n) is 6.15. The van der Waals surface area contributed by atoms with Crippen LogP contribution in [0.2, 0.25) is 0 Å². The Labute approximate surface area is 90.8 Å². The lowest BCUT2D eigenvalue weighted by molar-refractivity contribution is 0.169. The molecule has 2 atom stereocenters. The van der Waals surface area contributed by atoms with Gasteiger partial charge in [-0.3, -0.25) is 0 Å². The Morgan fingerprint density at radius 2 is 1.79 bits per heavy atom. The normalized spacial score (nSPS) is 18.8. The highest BCUT2D eigenvalue weighted by molar-refractivity contribution is 4.99. The molecular weight excluding hydrogens is 168 g/mol. The second-order valence-corrected chi connectivity index (χ2v) is 5.00. The molecule has 0 bridgehead atoms. The predicted octanol–water partition coefficient (Wildman–Crippen LogP) is 5.05. The van der Waals surface area contributed by atoms with Gasteiger partial charge in [0.15, 0.2) is 0 Å². The lowest BCUT2D eigenvalue weighted by atomic mass is 9.68. The fraction of sp³-hybridized carbons (Fsp3) is 0.857. The predicted molar refractivity (Wildman–Crippen MR) is 66.4 cm³/mol.